The summed E-state index contributed by atoms with van der Waals surface area (Å²) in [5.74, 6) is -0.278. The topological polar surface area (TPSA) is 49.9 Å². The summed E-state index contributed by atoms with van der Waals surface area (Å²) < 4.78 is 5.55. The number of hydrogen-bond acceptors (Lipinski definition) is 3. The van der Waals surface area contributed by atoms with Crippen molar-refractivity contribution >= 4 is 23.4 Å². The van der Waals surface area contributed by atoms with Gasteiger partial charge in [0.25, 0.3) is 5.91 Å². The van der Waals surface area contributed by atoms with Crippen LogP contribution in [0.25, 0.3) is 0 Å². The first-order chi connectivity index (χ1) is 10.5. The van der Waals surface area contributed by atoms with Crippen LogP contribution >= 0.6 is 11.6 Å². The van der Waals surface area contributed by atoms with E-state index in [9.17, 15) is 9.59 Å². The minimum atomic E-state index is -0.283. The molecule has 6 heteroatoms. The molecule has 0 spiro atoms. The Bertz CT molecular complexity index is 619. The van der Waals surface area contributed by atoms with Crippen LogP contribution in [0.1, 0.15) is 15.9 Å². The number of aryl methyl sites for hydroxylation is 1. The quantitative estimate of drug-likeness (QED) is 0.788. The molecule has 3 rings (SSSR count). The average molecular weight is 323 g/mol. The van der Waals surface area contributed by atoms with Crippen LogP contribution in [0, 0.1) is 12.8 Å². The Kier molecular flexibility index (Phi) is 4.10. The number of ether oxygens (including phenoxy) is 1. The molecule has 0 saturated carbocycles. The van der Waals surface area contributed by atoms with Gasteiger partial charge in [0, 0.05) is 30.7 Å². The minimum absolute atomic E-state index is 0.0558. The van der Waals surface area contributed by atoms with Crippen LogP contribution in [0.15, 0.2) is 18.2 Å². The highest BCUT2D eigenvalue weighted by atomic mass is 35.5. The van der Waals surface area contributed by atoms with Gasteiger partial charge in [-0.25, -0.2) is 0 Å². The van der Waals surface area contributed by atoms with E-state index in [2.05, 4.69) is 0 Å². The van der Waals surface area contributed by atoms with Crippen molar-refractivity contribution in [2.45, 2.75) is 13.0 Å². The number of benzene rings is 1. The first-order valence-electron chi connectivity index (χ1n) is 7.37. The first kappa shape index (κ1) is 15.3. The predicted octanol–water partition coefficient (Wildman–Crippen LogP) is 1.58. The van der Waals surface area contributed by atoms with Gasteiger partial charge >= 0.3 is 0 Å². The van der Waals surface area contributed by atoms with Crippen LogP contribution < -0.4 is 0 Å². The Balaban J connectivity index is 1.87. The molecular formula is C16H19ClN2O3. The van der Waals surface area contributed by atoms with E-state index in [1.165, 1.54) is 0 Å². The van der Waals surface area contributed by atoms with Crippen molar-refractivity contribution in [2.75, 3.05) is 33.4 Å². The molecule has 0 radical (unpaired) electrons. The molecular weight excluding hydrogens is 304 g/mol. The molecule has 2 aliphatic rings. The first-order valence-corrected chi connectivity index (χ1v) is 7.75. The second kappa shape index (κ2) is 5.89. The van der Waals surface area contributed by atoms with Gasteiger partial charge in [0.15, 0.2) is 0 Å². The van der Waals surface area contributed by atoms with Gasteiger partial charge in [0.1, 0.15) is 0 Å². The molecule has 0 aliphatic carbocycles. The molecule has 2 bridgehead atoms. The van der Waals surface area contributed by atoms with Crippen molar-refractivity contribution in [3.05, 3.63) is 34.3 Å². The zero-order chi connectivity index (χ0) is 15.9. The molecule has 1 aromatic rings. The predicted molar refractivity (Wildman–Crippen MR) is 83.0 cm³/mol. The van der Waals surface area contributed by atoms with Crippen molar-refractivity contribution in [1.29, 1.82) is 0 Å². The molecule has 5 nitrogen and oxygen atoms in total. The lowest BCUT2D eigenvalue weighted by Gasteiger charge is -2.29. The number of hydrogen-bond donors (Lipinski definition) is 0. The summed E-state index contributed by atoms with van der Waals surface area (Å²) in [6.45, 7) is 3.63. The third-order valence-corrected chi connectivity index (χ3v) is 4.86. The molecule has 0 unspecified atom stereocenters. The van der Waals surface area contributed by atoms with Gasteiger partial charge in [-0.1, -0.05) is 11.6 Å². The molecule has 118 valence electrons. The van der Waals surface area contributed by atoms with Crippen molar-refractivity contribution in [2.24, 2.45) is 5.92 Å². The van der Waals surface area contributed by atoms with Crippen LogP contribution in [0.4, 0.5) is 0 Å². The highest BCUT2D eigenvalue weighted by Gasteiger charge is 2.38. The third kappa shape index (κ3) is 2.71. The van der Waals surface area contributed by atoms with E-state index in [4.69, 9.17) is 16.3 Å². The van der Waals surface area contributed by atoms with Gasteiger partial charge in [-0.15, -0.1) is 0 Å². The van der Waals surface area contributed by atoms with Gasteiger partial charge in [0.05, 0.1) is 25.2 Å². The Morgan fingerprint density at radius 1 is 1.32 bits per heavy atom. The zero-order valence-electron chi connectivity index (χ0n) is 12.7. The average Bonchev–Trinajstić information content (AvgIpc) is 2.67. The molecule has 0 N–H and O–H groups in total. The van der Waals surface area contributed by atoms with Crippen LogP contribution in [-0.2, 0) is 9.53 Å². The fraction of sp³-hybridized carbons (Fsp3) is 0.500. The Hall–Kier alpha value is -1.59. The molecule has 22 heavy (non-hydrogen) atoms. The standard InChI is InChI=1S/C16H19ClN2O3/c1-10-5-11(3-4-14(10)17)16(21)19-6-12-8-22-9-13(7-19)18(2)15(12)20/h3-5,12-13H,6-9H2,1-2H3/t12-,13+/m1/s1. The van der Waals surface area contributed by atoms with Gasteiger partial charge in [-0.3, -0.25) is 9.59 Å². The van der Waals surface area contributed by atoms with E-state index in [1.54, 1.807) is 35.0 Å². The summed E-state index contributed by atoms with van der Waals surface area (Å²) >= 11 is 6.02. The Morgan fingerprint density at radius 3 is 2.82 bits per heavy atom. The molecule has 2 atom stereocenters. The molecule has 0 aromatic heterocycles. The second-order valence-corrected chi connectivity index (χ2v) is 6.42. The Labute approximate surface area is 134 Å². The molecule has 2 fully saturated rings. The third-order valence-electron chi connectivity index (χ3n) is 4.44. The summed E-state index contributed by atoms with van der Waals surface area (Å²) in [4.78, 5) is 28.6. The fourth-order valence-electron chi connectivity index (χ4n) is 3.02. The number of nitrogens with zero attached hydrogens (tertiary/aromatic N) is 2. The van der Waals surface area contributed by atoms with Crippen LogP contribution in [-0.4, -0.2) is 61.0 Å². The molecule has 2 heterocycles. The van der Waals surface area contributed by atoms with Gasteiger partial charge in [-0.2, -0.15) is 0 Å². The number of rotatable bonds is 1. The van der Waals surface area contributed by atoms with E-state index >= 15 is 0 Å². The summed E-state index contributed by atoms with van der Waals surface area (Å²) in [6.07, 6.45) is 0. The lowest BCUT2D eigenvalue weighted by atomic mass is 10.1. The maximum absolute atomic E-state index is 12.8. The largest absolute Gasteiger partial charge is 0.378 e. The van der Waals surface area contributed by atoms with E-state index in [0.717, 1.165) is 5.56 Å². The number of likely N-dealkylation sites (N-methyl/N-ethyl adjacent to an activating group) is 1. The summed E-state index contributed by atoms with van der Waals surface area (Å²) in [5.41, 5.74) is 1.48. The van der Waals surface area contributed by atoms with Crippen molar-refractivity contribution in [3.8, 4) is 0 Å². The van der Waals surface area contributed by atoms with Gasteiger partial charge < -0.3 is 14.5 Å². The summed E-state index contributed by atoms with van der Waals surface area (Å²) in [5, 5.41) is 0.646. The van der Waals surface area contributed by atoms with Gasteiger partial charge in [0.2, 0.25) is 5.91 Å². The van der Waals surface area contributed by atoms with Crippen LogP contribution in [0.2, 0.25) is 5.02 Å². The van der Waals surface area contributed by atoms with Crippen molar-refractivity contribution < 1.29 is 14.3 Å². The molecule has 2 aliphatic heterocycles. The smallest absolute Gasteiger partial charge is 0.253 e. The SMILES string of the molecule is Cc1cc(C(=O)N2C[C@@H]3COC[C@H](C2)N(C)C3=O)ccc1Cl. The highest BCUT2D eigenvalue weighted by molar-refractivity contribution is 6.31. The highest BCUT2D eigenvalue weighted by Crippen LogP contribution is 2.22. The Morgan fingerprint density at radius 2 is 2.09 bits per heavy atom. The zero-order valence-corrected chi connectivity index (χ0v) is 13.5. The fourth-order valence-corrected chi connectivity index (χ4v) is 3.14. The number of halogens is 1. The second-order valence-electron chi connectivity index (χ2n) is 6.01. The van der Waals surface area contributed by atoms with E-state index in [1.807, 2.05) is 6.92 Å². The summed E-state index contributed by atoms with van der Waals surface area (Å²) in [7, 11) is 1.79. The van der Waals surface area contributed by atoms with E-state index < -0.39 is 0 Å². The van der Waals surface area contributed by atoms with Gasteiger partial charge in [-0.05, 0) is 30.7 Å². The monoisotopic (exact) mass is 322 g/mol. The number of amides is 2. The summed E-state index contributed by atoms with van der Waals surface area (Å²) in [6, 6.07) is 5.19. The molecule has 2 saturated heterocycles. The number of carbonyl (C=O) groups excluding carboxylic acids is 2. The van der Waals surface area contributed by atoms with E-state index in [-0.39, 0.29) is 23.8 Å². The van der Waals surface area contributed by atoms with Crippen LogP contribution in [0.3, 0.4) is 0 Å². The maximum atomic E-state index is 12.8. The van der Waals surface area contributed by atoms with E-state index in [0.29, 0.717) is 36.9 Å². The number of carbonyl (C=O) groups is 2. The maximum Gasteiger partial charge on any atom is 0.253 e. The lowest BCUT2D eigenvalue weighted by Crippen LogP contribution is -2.45. The van der Waals surface area contributed by atoms with Crippen LogP contribution in [0.5, 0.6) is 0 Å². The van der Waals surface area contributed by atoms with Crippen molar-refractivity contribution in [3.63, 3.8) is 0 Å². The molecule has 1 aromatic carbocycles. The normalized spacial score (nSPS) is 25.1. The minimum Gasteiger partial charge on any atom is -0.378 e. The van der Waals surface area contributed by atoms with Crippen molar-refractivity contribution in [1.82, 2.24) is 9.80 Å². The lowest BCUT2D eigenvalue weighted by molar-refractivity contribution is -0.133. The number of fused-ring (bicyclic) bond motifs is 3. The molecule has 2 amide bonds.